The number of rotatable bonds is 2. The van der Waals surface area contributed by atoms with Crippen molar-refractivity contribution < 1.29 is 4.42 Å². The molecule has 4 heteroatoms. The molecule has 0 saturated carbocycles. The van der Waals surface area contributed by atoms with E-state index in [-0.39, 0.29) is 12.4 Å². The van der Waals surface area contributed by atoms with Gasteiger partial charge in [0, 0.05) is 6.42 Å². The Morgan fingerprint density at radius 3 is 2.89 bits per heavy atom. The summed E-state index contributed by atoms with van der Waals surface area (Å²) in [4.78, 5) is 3.86. The fourth-order valence-electron chi connectivity index (χ4n) is 0.509. The lowest BCUT2D eigenvalue weighted by atomic mass is 10.3. The number of aromatic nitrogens is 1. The molecule has 0 amide bonds. The summed E-state index contributed by atoms with van der Waals surface area (Å²) in [6.07, 6.45) is 3.81. The van der Waals surface area contributed by atoms with Crippen molar-refractivity contribution in [3.05, 3.63) is 18.4 Å². The van der Waals surface area contributed by atoms with E-state index in [1.165, 1.54) is 6.39 Å². The molecule has 0 aliphatic carbocycles. The average Bonchev–Trinajstić information content (AvgIpc) is 2.19. The second kappa shape index (κ2) is 4.35. The number of nitrogens with zero attached hydrogens (tertiary/aromatic N) is 1. The lowest BCUT2D eigenvalue weighted by molar-refractivity contribution is 0.556. The minimum atomic E-state index is 0. The second-order valence-corrected chi connectivity index (χ2v) is 1.52. The van der Waals surface area contributed by atoms with Crippen molar-refractivity contribution in [2.24, 2.45) is 5.73 Å². The van der Waals surface area contributed by atoms with Crippen LogP contribution in [0.4, 0.5) is 0 Å². The van der Waals surface area contributed by atoms with Gasteiger partial charge in [-0.2, -0.15) is 0 Å². The predicted molar refractivity (Wildman–Crippen MR) is 36.5 cm³/mol. The minimum Gasteiger partial charge on any atom is -0.451 e. The number of oxazole rings is 1. The smallest absolute Gasteiger partial charge is 0.180 e. The monoisotopic (exact) mass is 148 g/mol. The Balaban J connectivity index is 0.000000640. The second-order valence-electron chi connectivity index (χ2n) is 1.52. The highest BCUT2D eigenvalue weighted by Gasteiger charge is 1.89. The Morgan fingerprint density at radius 1 is 1.67 bits per heavy atom. The summed E-state index contributed by atoms with van der Waals surface area (Å²) in [5.74, 6) is 0. The normalized spacial score (nSPS) is 8.56. The number of hydrogen-bond acceptors (Lipinski definition) is 3. The summed E-state index contributed by atoms with van der Waals surface area (Å²) in [7, 11) is 0. The van der Waals surface area contributed by atoms with Gasteiger partial charge >= 0.3 is 0 Å². The molecule has 1 heterocycles. The van der Waals surface area contributed by atoms with E-state index < -0.39 is 0 Å². The largest absolute Gasteiger partial charge is 0.451 e. The van der Waals surface area contributed by atoms with Crippen molar-refractivity contribution in [3.63, 3.8) is 0 Å². The van der Waals surface area contributed by atoms with Crippen LogP contribution in [0.2, 0.25) is 0 Å². The third-order valence-corrected chi connectivity index (χ3v) is 0.884. The highest BCUT2D eigenvalue weighted by atomic mass is 35.5. The molecule has 9 heavy (non-hydrogen) atoms. The van der Waals surface area contributed by atoms with Crippen molar-refractivity contribution >= 4 is 12.4 Å². The van der Waals surface area contributed by atoms with Crippen molar-refractivity contribution in [2.45, 2.75) is 6.42 Å². The van der Waals surface area contributed by atoms with Crippen molar-refractivity contribution in [3.8, 4) is 0 Å². The lowest BCUT2D eigenvalue weighted by Crippen LogP contribution is -2.02. The summed E-state index contributed by atoms with van der Waals surface area (Å²) in [5, 5.41) is 0. The zero-order chi connectivity index (χ0) is 5.82. The Morgan fingerprint density at radius 2 is 2.44 bits per heavy atom. The zero-order valence-corrected chi connectivity index (χ0v) is 5.73. The van der Waals surface area contributed by atoms with E-state index in [0.29, 0.717) is 6.54 Å². The molecular weight excluding hydrogens is 140 g/mol. The molecule has 0 aliphatic rings. The molecule has 2 N–H and O–H groups in total. The standard InChI is InChI=1S/C5H8N2O.ClH/c6-2-1-5-3-8-4-7-5;/h3-4H,1-2,6H2;1H. The van der Waals surface area contributed by atoms with E-state index in [9.17, 15) is 0 Å². The molecule has 0 saturated heterocycles. The summed E-state index contributed by atoms with van der Waals surface area (Å²) in [6, 6.07) is 0. The van der Waals surface area contributed by atoms with Crippen LogP contribution in [0.25, 0.3) is 0 Å². The van der Waals surface area contributed by atoms with Crippen LogP contribution < -0.4 is 5.73 Å². The maximum atomic E-state index is 5.24. The lowest BCUT2D eigenvalue weighted by Gasteiger charge is -1.83. The molecule has 1 aromatic heterocycles. The van der Waals surface area contributed by atoms with Crippen molar-refractivity contribution in [1.82, 2.24) is 4.98 Å². The summed E-state index contributed by atoms with van der Waals surface area (Å²) < 4.78 is 4.70. The Labute approximate surface area is 59.7 Å². The predicted octanol–water partition coefficient (Wildman–Crippen LogP) is 0.598. The molecule has 0 unspecified atom stereocenters. The van der Waals surface area contributed by atoms with Gasteiger partial charge in [0.2, 0.25) is 0 Å². The van der Waals surface area contributed by atoms with E-state index >= 15 is 0 Å². The first-order chi connectivity index (χ1) is 3.93. The molecule has 0 spiro atoms. The first kappa shape index (κ1) is 8.46. The van der Waals surface area contributed by atoms with Crippen LogP contribution in [-0.4, -0.2) is 11.5 Å². The third-order valence-electron chi connectivity index (χ3n) is 0.884. The first-order valence-corrected chi connectivity index (χ1v) is 2.50. The molecule has 1 aromatic rings. The van der Waals surface area contributed by atoms with E-state index in [0.717, 1.165) is 12.1 Å². The maximum absolute atomic E-state index is 5.24. The van der Waals surface area contributed by atoms with Crippen molar-refractivity contribution in [1.29, 1.82) is 0 Å². The Kier molecular flexibility index (Phi) is 4.09. The number of hydrogen-bond donors (Lipinski definition) is 1. The molecule has 0 aromatic carbocycles. The Bertz CT molecular complexity index is 141. The third kappa shape index (κ3) is 2.49. The number of halogens is 1. The highest BCUT2D eigenvalue weighted by Crippen LogP contribution is 1.92. The van der Waals surface area contributed by atoms with E-state index in [1.807, 2.05) is 0 Å². The molecule has 0 radical (unpaired) electrons. The maximum Gasteiger partial charge on any atom is 0.180 e. The van der Waals surface area contributed by atoms with Gasteiger partial charge in [-0.15, -0.1) is 12.4 Å². The van der Waals surface area contributed by atoms with Crippen LogP contribution in [0.5, 0.6) is 0 Å². The average molecular weight is 149 g/mol. The molecular formula is C5H9ClN2O. The van der Waals surface area contributed by atoms with Gasteiger partial charge in [-0.05, 0) is 6.54 Å². The number of nitrogens with two attached hydrogens (primary N) is 1. The van der Waals surface area contributed by atoms with E-state index in [2.05, 4.69) is 4.98 Å². The first-order valence-electron chi connectivity index (χ1n) is 2.50. The van der Waals surface area contributed by atoms with Gasteiger partial charge in [0.05, 0.1) is 5.69 Å². The van der Waals surface area contributed by atoms with Gasteiger partial charge in [0.25, 0.3) is 0 Å². The van der Waals surface area contributed by atoms with Crippen molar-refractivity contribution in [2.75, 3.05) is 6.54 Å². The molecule has 52 valence electrons. The topological polar surface area (TPSA) is 52.0 Å². The van der Waals surface area contributed by atoms with Crippen LogP contribution >= 0.6 is 12.4 Å². The molecule has 0 aliphatic heterocycles. The quantitative estimate of drug-likeness (QED) is 0.668. The summed E-state index contributed by atoms with van der Waals surface area (Å²) in [5.41, 5.74) is 6.16. The Hall–Kier alpha value is -0.540. The SMILES string of the molecule is Cl.NCCc1cocn1. The molecule has 3 nitrogen and oxygen atoms in total. The van der Waals surface area contributed by atoms with Crippen LogP contribution in [0.3, 0.4) is 0 Å². The van der Waals surface area contributed by atoms with Gasteiger partial charge in [-0.1, -0.05) is 0 Å². The fraction of sp³-hybridized carbons (Fsp3) is 0.400. The van der Waals surface area contributed by atoms with Crippen LogP contribution in [0.15, 0.2) is 17.1 Å². The van der Waals surface area contributed by atoms with Gasteiger partial charge in [0.15, 0.2) is 6.39 Å². The van der Waals surface area contributed by atoms with Gasteiger partial charge in [0.1, 0.15) is 6.26 Å². The molecule has 0 fully saturated rings. The molecule has 1 rings (SSSR count). The fourth-order valence-corrected chi connectivity index (χ4v) is 0.509. The molecule has 0 atom stereocenters. The zero-order valence-electron chi connectivity index (χ0n) is 4.91. The van der Waals surface area contributed by atoms with Crippen LogP contribution in [0, 0.1) is 0 Å². The highest BCUT2D eigenvalue weighted by molar-refractivity contribution is 5.85. The van der Waals surface area contributed by atoms with E-state index in [1.54, 1.807) is 6.26 Å². The van der Waals surface area contributed by atoms with Crippen LogP contribution in [0.1, 0.15) is 5.69 Å². The van der Waals surface area contributed by atoms with E-state index in [4.69, 9.17) is 10.2 Å². The molecule has 0 bridgehead atoms. The van der Waals surface area contributed by atoms with Crippen LogP contribution in [-0.2, 0) is 6.42 Å². The summed E-state index contributed by atoms with van der Waals surface area (Å²) >= 11 is 0. The summed E-state index contributed by atoms with van der Waals surface area (Å²) in [6.45, 7) is 0.631. The van der Waals surface area contributed by atoms with Gasteiger partial charge < -0.3 is 10.2 Å². The minimum absolute atomic E-state index is 0. The van der Waals surface area contributed by atoms with Gasteiger partial charge in [-0.25, -0.2) is 4.98 Å². The van der Waals surface area contributed by atoms with Gasteiger partial charge in [-0.3, -0.25) is 0 Å².